The van der Waals surface area contributed by atoms with Crippen LogP contribution in [0.3, 0.4) is 0 Å². The summed E-state index contributed by atoms with van der Waals surface area (Å²) in [4.78, 5) is 23.5. The van der Waals surface area contributed by atoms with Gasteiger partial charge in [-0.2, -0.15) is 0 Å². The first kappa shape index (κ1) is 19.8. The Bertz CT molecular complexity index is 1000. The van der Waals surface area contributed by atoms with Gasteiger partial charge in [-0.05, 0) is 61.5 Å². The summed E-state index contributed by atoms with van der Waals surface area (Å²) in [6, 6.07) is 10.7. The van der Waals surface area contributed by atoms with Crippen LogP contribution in [0, 0.1) is 17.0 Å². The highest BCUT2D eigenvalue weighted by Gasteiger charge is 2.30. The second-order valence-corrected chi connectivity index (χ2v) is 7.10. The van der Waals surface area contributed by atoms with Gasteiger partial charge in [-0.15, -0.1) is 0 Å². The highest BCUT2D eigenvalue weighted by molar-refractivity contribution is 7.80. The van der Waals surface area contributed by atoms with Gasteiger partial charge in [-0.3, -0.25) is 14.9 Å². The maximum atomic E-state index is 13.1. The largest absolute Gasteiger partial charge is 0.351 e. The van der Waals surface area contributed by atoms with Crippen LogP contribution in [0.15, 0.2) is 53.7 Å². The fourth-order valence-electron chi connectivity index (χ4n) is 2.97. The van der Waals surface area contributed by atoms with E-state index < -0.39 is 11.0 Å². The highest BCUT2D eigenvalue weighted by atomic mass is 35.5. The van der Waals surface area contributed by atoms with Crippen molar-refractivity contribution in [1.29, 1.82) is 0 Å². The molecular formula is C19H17ClN4O3S. The molecule has 0 aliphatic carbocycles. The molecule has 3 rings (SSSR count). The Kier molecular flexibility index (Phi) is 5.62. The van der Waals surface area contributed by atoms with Gasteiger partial charge in [0, 0.05) is 28.5 Å². The molecule has 144 valence electrons. The van der Waals surface area contributed by atoms with E-state index in [0.29, 0.717) is 32.7 Å². The first-order valence-corrected chi connectivity index (χ1v) is 9.15. The molecule has 1 atom stereocenters. The molecule has 0 spiro atoms. The molecule has 1 aliphatic rings. The number of hydrogen-bond acceptors (Lipinski definition) is 4. The average Bonchev–Trinajstić information content (AvgIpc) is 2.64. The molecule has 0 radical (unpaired) electrons. The molecule has 9 heteroatoms. The molecule has 0 saturated heterocycles. The van der Waals surface area contributed by atoms with Crippen molar-refractivity contribution < 1.29 is 9.72 Å². The number of carbonyl (C=O) groups excluding carboxylic acids is 1. The number of nitrogens with zero attached hydrogens (tertiary/aromatic N) is 1. The second-order valence-electron chi connectivity index (χ2n) is 6.29. The van der Waals surface area contributed by atoms with Crippen LogP contribution in [0.4, 0.5) is 11.4 Å². The Hall–Kier alpha value is -2.97. The molecule has 3 N–H and O–H groups in total. The first-order chi connectivity index (χ1) is 13.3. The lowest BCUT2D eigenvalue weighted by molar-refractivity contribution is -0.384. The van der Waals surface area contributed by atoms with Crippen molar-refractivity contribution in [2.45, 2.75) is 19.9 Å². The van der Waals surface area contributed by atoms with Gasteiger partial charge in [0.1, 0.15) is 0 Å². The topological polar surface area (TPSA) is 96.3 Å². The van der Waals surface area contributed by atoms with Gasteiger partial charge in [0.15, 0.2) is 5.11 Å². The van der Waals surface area contributed by atoms with Crippen molar-refractivity contribution in [2.75, 3.05) is 5.32 Å². The number of amides is 1. The summed E-state index contributed by atoms with van der Waals surface area (Å²) >= 11 is 11.4. The number of thiocarbonyl (C=S) groups is 1. The van der Waals surface area contributed by atoms with E-state index >= 15 is 0 Å². The number of allylic oxidation sites excluding steroid dienone is 1. The second kappa shape index (κ2) is 7.95. The van der Waals surface area contributed by atoms with Crippen LogP contribution in [-0.2, 0) is 4.79 Å². The van der Waals surface area contributed by atoms with Gasteiger partial charge < -0.3 is 16.0 Å². The van der Waals surface area contributed by atoms with E-state index in [4.69, 9.17) is 23.8 Å². The molecule has 1 heterocycles. The van der Waals surface area contributed by atoms with Crippen LogP contribution in [-0.4, -0.2) is 15.9 Å². The fourth-order valence-corrected chi connectivity index (χ4v) is 3.41. The quantitative estimate of drug-likeness (QED) is 0.396. The van der Waals surface area contributed by atoms with E-state index in [1.807, 2.05) is 6.92 Å². The number of carbonyl (C=O) groups is 1. The molecule has 0 saturated carbocycles. The molecule has 1 aliphatic heterocycles. The van der Waals surface area contributed by atoms with Crippen molar-refractivity contribution in [3.8, 4) is 0 Å². The third-order valence-corrected chi connectivity index (χ3v) is 5.10. The van der Waals surface area contributed by atoms with Gasteiger partial charge in [-0.1, -0.05) is 17.7 Å². The van der Waals surface area contributed by atoms with E-state index in [-0.39, 0.29) is 11.6 Å². The van der Waals surface area contributed by atoms with E-state index in [9.17, 15) is 14.9 Å². The van der Waals surface area contributed by atoms with Crippen molar-refractivity contribution in [1.82, 2.24) is 10.6 Å². The minimum Gasteiger partial charge on any atom is -0.351 e. The number of hydrogen-bond donors (Lipinski definition) is 3. The van der Waals surface area contributed by atoms with E-state index in [2.05, 4.69) is 16.0 Å². The number of anilines is 1. The molecular weight excluding hydrogens is 400 g/mol. The Morgan fingerprint density at radius 2 is 1.89 bits per heavy atom. The van der Waals surface area contributed by atoms with Gasteiger partial charge in [-0.25, -0.2) is 0 Å². The van der Waals surface area contributed by atoms with Gasteiger partial charge >= 0.3 is 0 Å². The molecule has 2 aromatic rings. The highest BCUT2D eigenvalue weighted by Crippen LogP contribution is 2.30. The van der Waals surface area contributed by atoms with E-state index in [1.165, 1.54) is 12.1 Å². The minimum atomic E-state index is -0.547. The summed E-state index contributed by atoms with van der Waals surface area (Å²) in [5, 5.41) is 20.7. The Labute approximate surface area is 171 Å². The number of benzene rings is 2. The van der Waals surface area contributed by atoms with E-state index in [1.54, 1.807) is 37.3 Å². The number of nitro benzene ring substituents is 1. The third kappa shape index (κ3) is 3.97. The zero-order valence-electron chi connectivity index (χ0n) is 15.1. The SMILES string of the molecule is CC1=C(C(=O)Nc2cccc(Cl)c2C)[C@@H](c2ccc([N+](=O)[O-])cc2)NC(=S)N1. The zero-order chi connectivity index (χ0) is 20.4. The normalized spacial score (nSPS) is 16.2. The van der Waals surface area contributed by atoms with Crippen LogP contribution in [0.5, 0.6) is 0 Å². The van der Waals surface area contributed by atoms with Crippen molar-refractivity contribution in [3.05, 3.63) is 80.0 Å². The van der Waals surface area contributed by atoms with Crippen LogP contribution >= 0.6 is 23.8 Å². The summed E-state index contributed by atoms with van der Waals surface area (Å²) in [7, 11) is 0. The number of nitrogens with one attached hydrogen (secondary N) is 3. The van der Waals surface area contributed by atoms with Gasteiger partial charge in [0.25, 0.3) is 11.6 Å². The molecule has 0 fully saturated rings. The van der Waals surface area contributed by atoms with Crippen LogP contribution in [0.2, 0.25) is 5.02 Å². The molecule has 28 heavy (non-hydrogen) atoms. The monoisotopic (exact) mass is 416 g/mol. The smallest absolute Gasteiger partial charge is 0.269 e. The number of nitro groups is 1. The summed E-state index contributed by atoms with van der Waals surface area (Å²) in [5.74, 6) is -0.325. The number of halogens is 1. The Morgan fingerprint density at radius 3 is 2.54 bits per heavy atom. The minimum absolute atomic E-state index is 0.0264. The van der Waals surface area contributed by atoms with E-state index in [0.717, 1.165) is 5.56 Å². The van der Waals surface area contributed by atoms with Crippen LogP contribution in [0.25, 0.3) is 0 Å². The molecule has 0 unspecified atom stereocenters. The lowest BCUT2D eigenvalue weighted by atomic mass is 9.94. The van der Waals surface area contributed by atoms with Gasteiger partial charge in [0.05, 0.1) is 16.5 Å². The van der Waals surface area contributed by atoms with Crippen molar-refractivity contribution >= 4 is 46.2 Å². The summed E-state index contributed by atoms with van der Waals surface area (Å²) < 4.78 is 0. The lowest BCUT2D eigenvalue weighted by Gasteiger charge is -2.30. The number of rotatable bonds is 4. The standard InChI is InChI=1S/C19H17ClN4O3S/c1-10-14(20)4-3-5-15(10)22-18(25)16-11(2)21-19(28)23-17(16)12-6-8-13(9-7-12)24(26)27/h3-9,17H,1-2H3,(H,22,25)(H2,21,23,28)/t17-/m1/s1. The maximum absolute atomic E-state index is 13.1. The van der Waals surface area contributed by atoms with Crippen LogP contribution in [0.1, 0.15) is 24.1 Å². The molecule has 7 nitrogen and oxygen atoms in total. The van der Waals surface area contributed by atoms with Gasteiger partial charge in [0.2, 0.25) is 0 Å². The van der Waals surface area contributed by atoms with Crippen molar-refractivity contribution in [3.63, 3.8) is 0 Å². The molecule has 0 aromatic heterocycles. The zero-order valence-corrected chi connectivity index (χ0v) is 16.6. The average molecular weight is 417 g/mol. The molecule has 0 bridgehead atoms. The summed E-state index contributed by atoms with van der Waals surface area (Å²) in [6.45, 7) is 3.57. The third-order valence-electron chi connectivity index (χ3n) is 4.47. The maximum Gasteiger partial charge on any atom is 0.269 e. The summed E-state index contributed by atoms with van der Waals surface area (Å²) in [6.07, 6.45) is 0. The molecule has 2 aromatic carbocycles. The predicted octanol–water partition coefficient (Wildman–Crippen LogP) is 3.99. The Morgan fingerprint density at radius 1 is 1.21 bits per heavy atom. The summed E-state index contributed by atoms with van der Waals surface area (Å²) in [5.41, 5.74) is 3.05. The number of non-ortho nitro benzene ring substituents is 1. The lowest BCUT2D eigenvalue weighted by Crippen LogP contribution is -2.45. The predicted molar refractivity (Wildman–Crippen MR) is 112 cm³/mol. The van der Waals surface area contributed by atoms with Crippen molar-refractivity contribution in [2.24, 2.45) is 0 Å². The fraction of sp³-hybridized carbons (Fsp3) is 0.158. The first-order valence-electron chi connectivity index (χ1n) is 8.37. The Balaban J connectivity index is 1.96. The van der Waals surface area contributed by atoms with Crippen LogP contribution < -0.4 is 16.0 Å². The molecule has 1 amide bonds.